The number of para-hydroxylation sites is 1. The zero-order chi connectivity index (χ0) is 19.2. The number of nitrogens with zero attached hydrogens (tertiary/aromatic N) is 2. The Morgan fingerprint density at radius 2 is 1.96 bits per heavy atom. The van der Waals surface area contributed by atoms with Crippen LogP contribution in [0.4, 0.5) is 0 Å². The predicted octanol–water partition coefficient (Wildman–Crippen LogP) is 2.64. The first kappa shape index (κ1) is 21.5. The molecule has 0 saturated carbocycles. The van der Waals surface area contributed by atoms with Crippen LogP contribution in [0.3, 0.4) is 0 Å². The molecule has 152 valence electrons. The molecule has 0 bridgehead atoms. The second-order valence-corrected chi connectivity index (χ2v) is 6.74. The summed E-state index contributed by atoms with van der Waals surface area (Å²) < 4.78 is 11.4. The highest BCUT2D eigenvalue weighted by atomic mass is 16.5. The molecule has 0 aliphatic carbocycles. The maximum atomic E-state index is 6.05. The molecule has 0 spiro atoms. The van der Waals surface area contributed by atoms with Gasteiger partial charge in [-0.3, -0.25) is 4.90 Å². The summed E-state index contributed by atoms with van der Waals surface area (Å²) in [6.45, 7) is 12.0. The maximum Gasteiger partial charge on any atom is 0.191 e. The normalized spacial score (nSPS) is 15.6. The number of hydrogen-bond donors (Lipinski definition) is 2. The van der Waals surface area contributed by atoms with Crippen LogP contribution in [-0.2, 0) is 11.3 Å². The van der Waals surface area contributed by atoms with E-state index in [0.717, 1.165) is 63.2 Å². The molecule has 0 atom stereocenters. The third kappa shape index (κ3) is 8.63. The van der Waals surface area contributed by atoms with Crippen LogP contribution in [0.5, 0.6) is 5.75 Å². The van der Waals surface area contributed by atoms with Crippen molar-refractivity contribution in [1.29, 1.82) is 0 Å². The zero-order valence-electron chi connectivity index (χ0n) is 17.0. The van der Waals surface area contributed by atoms with Gasteiger partial charge < -0.3 is 20.1 Å². The SMILES string of the molecule is CCCCCNC(=NCc1ccccc1OCCN1CCOCC1)NCC. The van der Waals surface area contributed by atoms with Crippen molar-refractivity contribution in [2.45, 2.75) is 39.7 Å². The lowest BCUT2D eigenvalue weighted by molar-refractivity contribution is 0.0322. The minimum atomic E-state index is 0.608. The largest absolute Gasteiger partial charge is 0.492 e. The number of unbranched alkanes of at least 4 members (excludes halogenated alkanes) is 2. The number of benzene rings is 1. The smallest absolute Gasteiger partial charge is 0.191 e. The van der Waals surface area contributed by atoms with E-state index in [1.807, 2.05) is 18.2 Å². The Kier molecular flexibility index (Phi) is 10.7. The van der Waals surface area contributed by atoms with E-state index in [-0.39, 0.29) is 0 Å². The van der Waals surface area contributed by atoms with Gasteiger partial charge in [0.1, 0.15) is 12.4 Å². The fourth-order valence-electron chi connectivity index (χ4n) is 2.97. The van der Waals surface area contributed by atoms with Crippen LogP contribution in [0, 0.1) is 0 Å². The van der Waals surface area contributed by atoms with E-state index in [0.29, 0.717) is 13.2 Å². The van der Waals surface area contributed by atoms with E-state index in [2.05, 4.69) is 35.4 Å². The topological polar surface area (TPSA) is 58.1 Å². The molecule has 2 rings (SSSR count). The van der Waals surface area contributed by atoms with Crippen LogP contribution in [0.15, 0.2) is 29.3 Å². The Hall–Kier alpha value is -1.79. The van der Waals surface area contributed by atoms with Crippen molar-refractivity contribution in [3.05, 3.63) is 29.8 Å². The molecule has 1 saturated heterocycles. The highest BCUT2D eigenvalue weighted by Gasteiger charge is 2.10. The highest BCUT2D eigenvalue weighted by molar-refractivity contribution is 5.79. The summed E-state index contributed by atoms with van der Waals surface area (Å²) in [5.41, 5.74) is 1.12. The van der Waals surface area contributed by atoms with Gasteiger partial charge in [0.15, 0.2) is 5.96 Å². The van der Waals surface area contributed by atoms with E-state index < -0.39 is 0 Å². The predicted molar refractivity (Wildman–Crippen MR) is 112 cm³/mol. The van der Waals surface area contributed by atoms with Gasteiger partial charge >= 0.3 is 0 Å². The maximum absolute atomic E-state index is 6.05. The molecule has 0 unspecified atom stereocenters. The molecule has 1 heterocycles. The van der Waals surface area contributed by atoms with Crippen LogP contribution in [0.2, 0.25) is 0 Å². The van der Waals surface area contributed by atoms with Crippen LogP contribution in [-0.4, -0.2) is 63.4 Å². The molecule has 27 heavy (non-hydrogen) atoms. The minimum Gasteiger partial charge on any atom is -0.492 e. The van der Waals surface area contributed by atoms with Crippen molar-refractivity contribution in [3.63, 3.8) is 0 Å². The second-order valence-electron chi connectivity index (χ2n) is 6.74. The average molecular weight is 377 g/mol. The molecular formula is C21H36N4O2. The van der Waals surface area contributed by atoms with Crippen molar-refractivity contribution < 1.29 is 9.47 Å². The fourth-order valence-corrected chi connectivity index (χ4v) is 2.97. The van der Waals surface area contributed by atoms with Crippen LogP contribution in [0.25, 0.3) is 0 Å². The molecular weight excluding hydrogens is 340 g/mol. The molecule has 2 N–H and O–H groups in total. The lowest BCUT2D eigenvalue weighted by atomic mass is 10.2. The van der Waals surface area contributed by atoms with Crippen LogP contribution in [0.1, 0.15) is 38.7 Å². The zero-order valence-corrected chi connectivity index (χ0v) is 17.0. The number of rotatable bonds is 11. The van der Waals surface area contributed by atoms with Crippen molar-refractivity contribution >= 4 is 5.96 Å². The van der Waals surface area contributed by atoms with Gasteiger partial charge in [-0.05, 0) is 19.4 Å². The highest BCUT2D eigenvalue weighted by Crippen LogP contribution is 2.19. The molecule has 1 aliphatic rings. The van der Waals surface area contributed by atoms with Gasteiger partial charge in [-0.2, -0.15) is 0 Å². The van der Waals surface area contributed by atoms with Crippen molar-refractivity contribution in [3.8, 4) is 5.75 Å². The van der Waals surface area contributed by atoms with Crippen LogP contribution >= 0.6 is 0 Å². The van der Waals surface area contributed by atoms with Gasteiger partial charge in [0.25, 0.3) is 0 Å². The molecule has 1 aromatic carbocycles. The van der Waals surface area contributed by atoms with Gasteiger partial charge in [-0.15, -0.1) is 0 Å². The molecule has 0 radical (unpaired) electrons. The second kappa shape index (κ2) is 13.4. The van der Waals surface area contributed by atoms with Crippen molar-refractivity contribution in [1.82, 2.24) is 15.5 Å². The number of ether oxygens (including phenoxy) is 2. The number of morpholine rings is 1. The monoisotopic (exact) mass is 376 g/mol. The van der Waals surface area contributed by atoms with Gasteiger partial charge in [0.05, 0.1) is 19.8 Å². The van der Waals surface area contributed by atoms with Gasteiger partial charge in [0.2, 0.25) is 0 Å². The van der Waals surface area contributed by atoms with Crippen molar-refractivity contribution in [2.24, 2.45) is 4.99 Å². The first-order valence-corrected chi connectivity index (χ1v) is 10.4. The number of aliphatic imine (C=N–C) groups is 1. The molecule has 0 aromatic heterocycles. The number of nitrogens with one attached hydrogen (secondary N) is 2. The Morgan fingerprint density at radius 3 is 2.74 bits per heavy atom. The molecule has 6 heteroatoms. The Morgan fingerprint density at radius 1 is 1.15 bits per heavy atom. The third-order valence-corrected chi connectivity index (χ3v) is 4.57. The third-order valence-electron chi connectivity index (χ3n) is 4.57. The van der Waals surface area contributed by atoms with Crippen LogP contribution < -0.4 is 15.4 Å². The first-order valence-electron chi connectivity index (χ1n) is 10.4. The standard InChI is InChI=1S/C21H36N4O2/c1-3-5-8-11-23-21(22-4-2)24-18-19-9-6-7-10-20(19)27-17-14-25-12-15-26-16-13-25/h6-7,9-10H,3-5,8,11-18H2,1-2H3,(H2,22,23,24). The lowest BCUT2D eigenvalue weighted by Crippen LogP contribution is -2.38. The van der Waals surface area contributed by atoms with E-state index in [4.69, 9.17) is 14.5 Å². The fraction of sp³-hybridized carbons (Fsp3) is 0.667. The molecule has 1 fully saturated rings. The Labute approximate surface area is 164 Å². The van der Waals surface area contributed by atoms with Gasteiger partial charge in [0, 0.05) is 38.3 Å². The van der Waals surface area contributed by atoms with E-state index in [1.165, 1.54) is 19.3 Å². The summed E-state index contributed by atoms with van der Waals surface area (Å²) >= 11 is 0. The molecule has 0 amide bonds. The summed E-state index contributed by atoms with van der Waals surface area (Å²) in [5.74, 6) is 1.80. The molecule has 1 aliphatic heterocycles. The summed E-state index contributed by atoms with van der Waals surface area (Å²) in [4.78, 5) is 7.11. The number of hydrogen-bond acceptors (Lipinski definition) is 4. The summed E-state index contributed by atoms with van der Waals surface area (Å²) in [6.07, 6.45) is 3.64. The minimum absolute atomic E-state index is 0.608. The van der Waals surface area contributed by atoms with Crippen molar-refractivity contribution in [2.75, 3.05) is 52.5 Å². The Balaban J connectivity index is 1.84. The summed E-state index contributed by atoms with van der Waals surface area (Å²) in [5, 5.41) is 6.73. The van der Waals surface area contributed by atoms with E-state index in [9.17, 15) is 0 Å². The number of guanidine groups is 1. The van der Waals surface area contributed by atoms with E-state index in [1.54, 1.807) is 0 Å². The van der Waals surface area contributed by atoms with Gasteiger partial charge in [-0.1, -0.05) is 38.0 Å². The first-order chi connectivity index (χ1) is 13.3. The lowest BCUT2D eigenvalue weighted by Gasteiger charge is -2.26. The van der Waals surface area contributed by atoms with E-state index >= 15 is 0 Å². The summed E-state index contributed by atoms with van der Waals surface area (Å²) in [7, 11) is 0. The Bertz CT molecular complexity index is 545. The average Bonchev–Trinajstić information content (AvgIpc) is 2.71. The van der Waals surface area contributed by atoms with Gasteiger partial charge in [-0.25, -0.2) is 4.99 Å². The summed E-state index contributed by atoms with van der Waals surface area (Å²) in [6, 6.07) is 8.19. The molecule has 6 nitrogen and oxygen atoms in total. The quantitative estimate of drug-likeness (QED) is 0.353. The molecule has 1 aromatic rings.